The Morgan fingerprint density at radius 3 is 2.81 bits per heavy atom. The van der Waals surface area contributed by atoms with Crippen molar-refractivity contribution in [2.45, 2.75) is 43.6 Å². The predicted molar refractivity (Wildman–Crippen MR) is 111 cm³/mol. The minimum Gasteiger partial charge on any atom is -0.389 e. The molecule has 10 heteroatoms. The number of ether oxygens (including phenoxy) is 2. The van der Waals surface area contributed by atoms with Crippen molar-refractivity contribution in [2.24, 2.45) is 0 Å². The third-order valence-corrected chi connectivity index (χ3v) is 6.11. The number of amides is 2. The van der Waals surface area contributed by atoms with Crippen LogP contribution >= 0.6 is 11.3 Å². The van der Waals surface area contributed by atoms with Gasteiger partial charge in [-0.1, -0.05) is 0 Å². The fraction of sp³-hybridized carbons (Fsp3) is 0.476. The highest BCUT2D eigenvalue weighted by atomic mass is 32.1. The Morgan fingerprint density at radius 1 is 1.26 bits per heavy atom. The summed E-state index contributed by atoms with van der Waals surface area (Å²) in [6, 6.07) is 5.03. The third kappa shape index (κ3) is 5.45. The first-order valence-corrected chi connectivity index (χ1v) is 11.0. The Bertz CT molecular complexity index is 895. The molecule has 0 aliphatic carbocycles. The van der Waals surface area contributed by atoms with E-state index < -0.39 is 18.0 Å². The molecule has 0 bridgehead atoms. The van der Waals surface area contributed by atoms with Gasteiger partial charge in [0.15, 0.2) is 5.13 Å². The van der Waals surface area contributed by atoms with Crippen LogP contribution in [0.3, 0.4) is 0 Å². The number of anilines is 1. The number of hydrogen-bond donors (Lipinski definition) is 2. The van der Waals surface area contributed by atoms with Gasteiger partial charge in [0.2, 0.25) is 5.91 Å². The van der Waals surface area contributed by atoms with E-state index in [0.29, 0.717) is 23.5 Å². The zero-order chi connectivity index (χ0) is 21.8. The molecule has 4 atom stereocenters. The molecule has 0 saturated carbocycles. The minimum atomic E-state index is -0.827. The van der Waals surface area contributed by atoms with Crippen LogP contribution in [0, 0.1) is 5.82 Å². The van der Waals surface area contributed by atoms with Crippen LogP contribution in [0.15, 0.2) is 35.8 Å². The Labute approximate surface area is 183 Å². The first kappa shape index (κ1) is 21.8. The van der Waals surface area contributed by atoms with Crippen LogP contribution in [-0.4, -0.2) is 70.9 Å². The van der Waals surface area contributed by atoms with E-state index in [-0.39, 0.29) is 50.1 Å². The lowest BCUT2D eigenvalue weighted by atomic mass is 9.94. The van der Waals surface area contributed by atoms with Crippen molar-refractivity contribution in [1.82, 2.24) is 9.88 Å². The summed E-state index contributed by atoms with van der Waals surface area (Å²) in [6.45, 7) is 0.379. The lowest BCUT2D eigenvalue weighted by molar-refractivity contribution is -0.149. The van der Waals surface area contributed by atoms with Crippen molar-refractivity contribution in [3.8, 4) is 0 Å². The van der Waals surface area contributed by atoms with E-state index >= 15 is 0 Å². The summed E-state index contributed by atoms with van der Waals surface area (Å²) >= 11 is 1.34. The number of fused-ring (bicyclic) bond motifs is 1. The molecule has 2 saturated heterocycles. The van der Waals surface area contributed by atoms with Crippen molar-refractivity contribution in [3.05, 3.63) is 47.2 Å². The van der Waals surface area contributed by atoms with Crippen molar-refractivity contribution in [3.63, 3.8) is 0 Å². The number of carbonyl (C=O) groups excluding carboxylic acids is 2. The number of hydrogen-bond acceptors (Lipinski definition) is 7. The number of rotatable bonds is 4. The molecule has 2 aliphatic heterocycles. The molecule has 0 unspecified atom stereocenters. The van der Waals surface area contributed by atoms with E-state index in [4.69, 9.17) is 9.47 Å². The van der Waals surface area contributed by atoms with Gasteiger partial charge < -0.3 is 24.8 Å². The van der Waals surface area contributed by atoms with Crippen molar-refractivity contribution in [1.29, 1.82) is 0 Å². The maximum atomic E-state index is 13.3. The zero-order valence-corrected chi connectivity index (χ0v) is 17.6. The first-order chi connectivity index (χ1) is 15.0. The van der Waals surface area contributed by atoms with Gasteiger partial charge in [-0.15, -0.1) is 11.3 Å². The summed E-state index contributed by atoms with van der Waals surface area (Å²) in [5, 5.41) is 15.3. The van der Waals surface area contributed by atoms with Gasteiger partial charge in [-0.2, -0.15) is 0 Å². The molecule has 2 aromatic rings. The Hall–Kier alpha value is -2.40. The second-order valence-electron chi connectivity index (χ2n) is 7.69. The van der Waals surface area contributed by atoms with Crippen LogP contribution in [-0.2, 0) is 14.3 Å². The number of carbonyl (C=O) groups is 2. The summed E-state index contributed by atoms with van der Waals surface area (Å²) in [5.41, 5.74) is 0.346. The quantitative estimate of drug-likeness (QED) is 0.741. The highest BCUT2D eigenvalue weighted by Crippen LogP contribution is 2.29. The molecular formula is C21H24FN3O5S. The molecule has 8 nitrogen and oxygen atoms in total. The molecule has 166 valence electrons. The summed E-state index contributed by atoms with van der Waals surface area (Å²) < 4.78 is 25.0. The monoisotopic (exact) mass is 449 g/mol. The molecule has 2 aliphatic rings. The van der Waals surface area contributed by atoms with Gasteiger partial charge in [0, 0.05) is 23.7 Å². The van der Waals surface area contributed by atoms with E-state index in [9.17, 15) is 19.1 Å². The summed E-state index contributed by atoms with van der Waals surface area (Å²) in [4.78, 5) is 31.1. The van der Waals surface area contributed by atoms with Gasteiger partial charge in [-0.05, 0) is 37.1 Å². The van der Waals surface area contributed by atoms with Gasteiger partial charge in [0.1, 0.15) is 11.9 Å². The van der Waals surface area contributed by atoms with Gasteiger partial charge in [-0.25, -0.2) is 9.37 Å². The zero-order valence-electron chi connectivity index (χ0n) is 16.8. The molecule has 0 spiro atoms. The molecule has 31 heavy (non-hydrogen) atoms. The van der Waals surface area contributed by atoms with Crippen LogP contribution in [0.25, 0.3) is 0 Å². The van der Waals surface area contributed by atoms with Gasteiger partial charge in [0.05, 0.1) is 37.9 Å². The molecule has 2 N–H and O–H groups in total. The number of β-amino-alcohol motifs (C(OH)–C–C–N with tert-alkyl or cyclic N) is 1. The fourth-order valence-electron chi connectivity index (χ4n) is 3.99. The van der Waals surface area contributed by atoms with E-state index in [2.05, 4.69) is 10.3 Å². The maximum Gasteiger partial charge on any atom is 0.254 e. The SMILES string of the molecule is O=C(C[C@@H]1CC[C@H]2[C@@H](COC[C@@H](O)CN2C(=O)c2ccc(F)cc2)O1)Nc1nccs1. The van der Waals surface area contributed by atoms with Crippen LogP contribution in [0.2, 0.25) is 0 Å². The average Bonchev–Trinajstić information content (AvgIpc) is 3.24. The molecule has 1 aromatic heterocycles. The lowest BCUT2D eigenvalue weighted by Gasteiger charge is -2.44. The summed E-state index contributed by atoms with van der Waals surface area (Å²) in [6.07, 6.45) is 1.41. The van der Waals surface area contributed by atoms with Crippen molar-refractivity contribution in [2.75, 3.05) is 25.1 Å². The molecule has 1 aromatic carbocycles. The lowest BCUT2D eigenvalue weighted by Crippen LogP contribution is -2.57. The average molecular weight is 450 g/mol. The van der Waals surface area contributed by atoms with Gasteiger partial charge in [-0.3, -0.25) is 9.59 Å². The Morgan fingerprint density at radius 2 is 2.06 bits per heavy atom. The standard InChI is InChI=1S/C21H24FN3O5S/c22-14-3-1-13(2-4-14)20(28)25-10-15(26)11-29-12-18-17(25)6-5-16(30-18)9-19(27)24-21-23-7-8-31-21/h1-4,7-8,15-18,26H,5-6,9-12H2,(H,23,24,27)/t15-,16-,17-,18+/m0/s1. The second-order valence-corrected chi connectivity index (χ2v) is 8.58. The predicted octanol–water partition coefficient (Wildman–Crippen LogP) is 2.06. The molecule has 2 amide bonds. The highest BCUT2D eigenvalue weighted by Gasteiger charge is 2.40. The molecule has 4 rings (SSSR count). The largest absolute Gasteiger partial charge is 0.389 e. The number of nitrogens with zero attached hydrogens (tertiary/aromatic N) is 2. The second kappa shape index (κ2) is 9.82. The third-order valence-electron chi connectivity index (χ3n) is 5.42. The van der Waals surface area contributed by atoms with Gasteiger partial charge in [0.25, 0.3) is 5.91 Å². The first-order valence-electron chi connectivity index (χ1n) is 10.2. The number of aromatic nitrogens is 1. The minimum absolute atomic E-state index is 0.0784. The van der Waals surface area contributed by atoms with E-state index in [1.165, 1.54) is 35.6 Å². The number of thiazole rings is 1. The van der Waals surface area contributed by atoms with Crippen LogP contribution in [0.1, 0.15) is 29.6 Å². The van der Waals surface area contributed by atoms with Crippen molar-refractivity contribution < 1.29 is 28.6 Å². The van der Waals surface area contributed by atoms with Gasteiger partial charge >= 0.3 is 0 Å². The topological polar surface area (TPSA) is 101 Å². The number of aliphatic hydroxyl groups excluding tert-OH is 1. The van der Waals surface area contributed by atoms with E-state index in [1.54, 1.807) is 16.5 Å². The maximum absolute atomic E-state index is 13.3. The smallest absolute Gasteiger partial charge is 0.254 e. The normalized spacial score (nSPS) is 26.5. The summed E-state index contributed by atoms with van der Waals surface area (Å²) in [5.74, 6) is -0.894. The highest BCUT2D eigenvalue weighted by molar-refractivity contribution is 7.13. The summed E-state index contributed by atoms with van der Waals surface area (Å²) in [7, 11) is 0. The Kier molecular flexibility index (Phi) is 6.91. The number of aliphatic hydroxyl groups is 1. The number of nitrogens with one attached hydrogen (secondary N) is 1. The molecular weight excluding hydrogens is 425 g/mol. The molecule has 2 fully saturated rings. The molecule has 3 heterocycles. The number of benzene rings is 1. The van der Waals surface area contributed by atoms with Crippen molar-refractivity contribution >= 4 is 28.3 Å². The molecule has 0 radical (unpaired) electrons. The fourth-order valence-corrected chi connectivity index (χ4v) is 4.54. The van der Waals surface area contributed by atoms with Crippen LogP contribution in [0.5, 0.6) is 0 Å². The van der Waals surface area contributed by atoms with Crippen LogP contribution < -0.4 is 5.32 Å². The Balaban J connectivity index is 1.44. The number of halogens is 1. The van der Waals surface area contributed by atoms with E-state index in [1.807, 2.05) is 0 Å². The van der Waals surface area contributed by atoms with Crippen LogP contribution in [0.4, 0.5) is 9.52 Å². The van der Waals surface area contributed by atoms with E-state index in [0.717, 1.165) is 0 Å².